The van der Waals surface area contributed by atoms with Crippen LogP contribution in [0.3, 0.4) is 0 Å². The van der Waals surface area contributed by atoms with Crippen LogP contribution < -0.4 is 0 Å². The van der Waals surface area contributed by atoms with Gasteiger partial charge < -0.3 is 28.5 Å². The van der Waals surface area contributed by atoms with Crippen molar-refractivity contribution in [3.05, 3.63) is 35.3 Å². The number of nitrogens with zero attached hydrogens (tertiary/aromatic N) is 1. The van der Waals surface area contributed by atoms with Crippen LogP contribution in [0.2, 0.25) is 18.1 Å². The van der Waals surface area contributed by atoms with Gasteiger partial charge in [-0.15, -0.1) is 0 Å². The molecular formula is C34H47NO10Si. The van der Waals surface area contributed by atoms with Crippen LogP contribution in [-0.4, -0.2) is 71.0 Å². The highest BCUT2D eigenvalue weighted by atomic mass is 28.4. The zero-order valence-electron chi connectivity index (χ0n) is 29.4. The second-order valence-corrected chi connectivity index (χ2v) is 20.1. The third-order valence-electron chi connectivity index (χ3n) is 6.59. The molecule has 2 amide bonds. The number of rotatable bonds is 4. The van der Waals surface area contributed by atoms with Crippen LogP contribution in [-0.2, 0) is 28.2 Å². The molecule has 0 saturated heterocycles. The molecule has 0 saturated carbocycles. The number of imide groups is 1. The number of fused-ring (bicyclic) bond motifs is 2. The van der Waals surface area contributed by atoms with Crippen molar-refractivity contribution in [1.82, 2.24) is 4.90 Å². The van der Waals surface area contributed by atoms with Crippen molar-refractivity contribution in [2.24, 2.45) is 0 Å². The fourth-order valence-electron chi connectivity index (χ4n) is 3.74. The van der Waals surface area contributed by atoms with Crippen molar-refractivity contribution in [2.45, 2.75) is 130 Å². The molecule has 46 heavy (non-hydrogen) atoms. The number of hydrogen-bond acceptors (Lipinski definition) is 10. The highest BCUT2D eigenvalue weighted by molar-refractivity contribution is 6.74. The molecule has 2 aliphatic rings. The predicted molar refractivity (Wildman–Crippen MR) is 173 cm³/mol. The molecule has 1 N–H and O–H groups in total. The number of carbonyl (C=O) groups is 4. The van der Waals surface area contributed by atoms with E-state index in [-0.39, 0.29) is 0 Å². The first-order valence-electron chi connectivity index (χ1n) is 14.9. The number of aliphatic hydroxyl groups excluding tert-OH is 1. The summed E-state index contributed by atoms with van der Waals surface area (Å²) < 4.78 is 28.8. The van der Waals surface area contributed by atoms with Gasteiger partial charge in [0.15, 0.2) is 14.1 Å². The molecular weight excluding hydrogens is 610 g/mol. The SMILES string of the molecule is CC(C)(C)OC(=O)OC1=C[C@@]2(O[Si](C)(C)C(C)(C)C)C#C/C=C\C#C[C@H](O)C(=C1N(C(=O)OC(C)(C)C)C(=O)OC(C)(C)C)C2=O. The summed E-state index contributed by atoms with van der Waals surface area (Å²) in [6.07, 6.45) is -1.86. The quantitative estimate of drug-likeness (QED) is 0.154. The maximum Gasteiger partial charge on any atom is 0.514 e. The molecule has 2 aliphatic carbocycles. The van der Waals surface area contributed by atoms with E-state index in [4.69, 9.17) is 23.4 Å². The summed E-state index contributed by atoms with van der Waals surface area (Å²) in [5.74, 6) is 9.23. The number of hydrogen-bond donors (Lipinski definition) is 1. The predicted octanol–water partition coefficient (Wildman–Crippen LogP) is 6.53. The van der Waals surface area contributed by atoms with Crippen molar-refractivity contribution in [3.63, 3.8) is 0 Å². The summed E-state index contributed by atoms with van der Waals surface area (Å²) in [5.41, 5.74) is -6.66. The standard InChI is InChI=1S/C34H47NO10Si/c1-30(2,3)42-27(38)35(28(39)43-31(4,5)6)25-23(41-29(40)44-32(7,8)9)21-34(45-46(13,14)33(10,11)12)20-18-16-15-17-19-22(36)24(25)26(34)37/h15-16,21-22,36H,1-14H3/b16-15-/t22-,34-/m0/s1. The van der Waals surface area contributed by atoms with Crippen molar-refractivity contribution in [2.75, 3.05) is 0 Å². The molecule has 0 aromatic carbocycles. The summed E-state index contributed by atoms with van der Waals surface area (Å²) in [4.78, 5) is 55.9. The number of allylic oxidation sites excluding steroid dienone is 2. The Morgan fingerprint density at radius 2 is 1.30 bits per heavy atom. The Labute approximate surface area is 273 Å². The number of ketones is 1. The Hall–Kier alpha value is -3.84. The lowest BCUT2D eigenvalue weighted by molar-refractivity contribution is -0.125. The zero-order chi connectivity index (χ0) is 35.7. The van der Waals surface area contributed by atoms with E-state index < -0.39 is 83.0 Å². The van der Waals surface area contributed by atoms with Crippen LogP contribution in [0, 0.1) is 23.7 Å². The Morgan fingerprint density at radius 3 is 1.76 bits per heavy atom. The molecule has 12 heteroatoms. The summed E-state index contributed by atoms with van der Waals surface area (Å²) >= 11 is 0. The fraction of sp³-hybridized carbons (Fsp3) is 0.588. The lowest BCUT2D eigenvalue weighted by Gasteiger charge is -2.44. The first-order chi connectivity index (χ1) is 20.6. The van der Waals surface area contributed by atoms with Crippen LogP contribution in [0.5, 0.6) is 0 Å². The second-order valence-electron chi connectivity index (χ2n) is 15.4. The van der Waals surface area contributed by atoms with Gasteiger partial charge in [0.2, 0.25) is 11.4 Å². The van der Waals surface area contributed by atoms with Gasteiger partial charge in [-0.25, -0.2) is 14.4 Å². The van der Waals surface area contributed by atoms with Crippen molar-refractivity contribution in [1.29, 1.82) is 0 Å². The molecule has 0 spiro atoms. The van der Waals surface area contributed by atoms with Crippen LogP contribution in [0.15, 0.2) is 35.3 Å². The Bertz CT molecular complexity index is 1460. The normalized spacial score (nSPS) is 21.0. The Balaban J connectivity index is 3.13. The zero-order valence-corrected chi connectivity index (χ0v) is 30.4. The first kappa shape index (κ1) is 38.3. The minimum atomic E-state index is -2.88. The topological polar surface area (TPSA) is 138 Å². The van der Waals surface area contributed by atoms with E-state index in [0.717, 1.165) is 6.08 Å². The first-order valence-corrected chi connectivity index (χ1v) is 17.8. The smallest absolute Gasteiger partial charge is 0.443 e. The average molecular weight is 658 g/mol. The lowest BCUT2D eigenvalue weighted by Crippen LogP contribution is -2.56. The number of Topliss-reactive ketones (excluding diaryl/α,β-unsaturated/α-hetero) is 1. The molecule has 2 bridgehead atoms. The minimum Gasteiger partial charge on any atom is -0.443 e. The number of aliphatic hydroxyl groups is 1. The summed E-state index contributed by atoms with van der Waals surface area (Å²) in [5, 5.41) is 11.0. The van der Waals surface area contributed by atoms with E-state index in [9.17, 15) is 24.3 Å². The van der Waals surface area contributed by atoms with E-state index in [1.54, 1.807) is 62.3 Å². The van der Waals surface area contributed by atoms with Gasteiger partial charge in [-0.1, -0.05) is 44.5 Å². The van der Waals surface area contributed by atoms with Crippen LogP contribution in [0.25, 0.3) is 0 Å². The van der Waals surface area contributed by atoms with Gasteiger partial charge in [-0.05, 0) is 92.6 Å². The summed E-state index contributed by atoms with van der Waals surface area (Å²) in [6, 6.07) is 0. The molecule has 0 aliphatic heterocycles. The van der Waals surface area contributed by atoms with E-state index in [1.165, 1.54) is 12.2 Å². The van der Waals surface area contributed by atoms with Gasteiger partial charge in [0.25, 0.3) is 0 Å². The van der Waals surface area contributed by atoms with Crippen molar-refractivity contribution in [3.8, 4) is 23.7 Å². The van der Waals surface area contributed by atoms with Crippen LogP contribution in [0.4, 0.5) is 14.4 Å². The summed E-state index contributed by atoms with van der Waals surface area (Å²) in [6.45, 7) is 23.9. The van der Waals surface area contributed by atoms with Gasteiger partial charge in [-0.3, -0.25) is 4.79 Å². The minimum absolute atomic E-state index is 0.399. The average Bonchev–Trinajstić information content (AvgIpc) is 2.79. The fourth-order valence-corrected chi connectivity index (χ4v) is 5.05. The van der Waals surface area contributed by atoms with Gasteiger partial charge >= 0.3 is 18.3 Å². The largest absolute Gasteiger partial charge is 0.514 e. The highest BCUT2D eigenvalue weighted by Crippen LogP contribution is 2.44. The van der Waals surface area contributed by atoms with Gasteiger partial charge in [0.05, 0.1) is 5.57 Å². The molecule has 0 unspecified atom stereocenters. The molecule has 2 rings (SSSR count). The number of carbonyl (C=O) groups excluding carboxylic acids is 4. The lowest BCUT2D eigenvalue weighted by atomic mass is 9.83. The Kier molecular flexibility index (Phi) is 10.9. The van der Waals surface area contributed by atoms with Crippen LogP contribution in [0.1, 0.15) is 83.1 Å². The molecule has 2 atom stereocenters. The van der Waals surface area contributed by atoms with E-state index >= 15 is 0 Å². The van der Waals surface area contributed by atoms with Crippen molar-refractivity contribution < 1.29 is 47.7 Å². The summed E-state index contributed by atoms with van der Waals surface area (Å²) in [7, 11) is -2.88. The number of amides is 2. The third kappa shape index (κ3) is 9.83. The van der Waals surface area contributed by atoms with Crippen LogP contribution >= 0.6 is 0 Å². The van der Waals surface area contributed by atoms with E-state index in [1.807, 2.05) is 33.9 Å². The molecule has 252 valence electrons. The molecule has 0 aromatic heterocycles. The maximum absolute atomic E-state index is 14.7. The monoisotopic (exact) mass is 657 g/mol. The van der Waals surface area contributed by atoms with Gasteiger partial charge in [-0.2, -0.15) is 4.90 Å². The number of ether oxygens (including phenoxy) is 4. The molecule has 0 aromatic rings. The van der Waals surface area contributed by atoms with Gasteiger partial charge in [0.1, 0.15) is 28.6 Å². The maximum atomic E-state index is 14.7. The molecule has 0 heterocycles. The van der Waals surface area contributed by atoms with Gasteiger partial charge in [0, 0.05) is 6.08 Å². The molecule has 0 fully saturated rings. The highest BCUT2D eigenvalue weighted by Gasteiger charge is 2.54. The molecule has 11 nitrogen and oxygen atoms in total. The molecule has 0 radical (unpaired) electrons. The third-order valence-corrected chi connectivity index (χ3v) is 11.0. The second kappa shape index (κ2) is 13.1. The Morgan fingerprint density at radius 1 is 0.826 bits per heavy atom. The van der Waals surface area contributed by atoms with E-state index in [2.05, 4.69) is 23.7 Å². The van der Waals surface area contributed by atoms with Crippen molar-refractivity contribution >= 4 is 32.4 Å². The van der Waals surface area contributed by atoms with E-state index in [0.29, 0.717) is 4.90 Å².